The number of carbonyl (C=O) groups is 4. The highest BCUT2D eigenvalue weighted by Crippen LogP contribution is 2.18. The van der Waals surface area contributed by atoms with Crippen LogP contribution in [0.5, 0.6) is 0 Å². The molecule has 0 spiro atoms. The molecule has 1 aliphatic heterocycles. The van der Waals surface area contributed by atoms with Crippen LogP contribution in [0.25, 0.3) is 0 Å². The SMILES string of the molecule is C=C/C=C(C(=O)N(C)C1CCC(=O)NC1=O)\C(C=O)=C(/C)N. The molecule has 0 radical (unpaired) electrons. The first-order chi connectivity index (χ1) is 10.3. The minimum atomic E-state index is -0.774. The number of allylic oxidation sites excluding steroid dienone is 3. The minimum absolute atomic E-state index is 0.0454. The molecule has 1 atom stereocenters. The van der Waals surface area contributed by atoms with Crippen molar-refractivity contribution in [3.8, 4) is 0 Å². The average Bonchev–Trinajstić information content (AvgIpc) is 2.45. The predicted octanol–water partition coefficient (Wildman–Crippen LogP) is -0.206. The molecule has 0 aromatic rings. The van der Waals surface area contributed by atoms with Crippen LogP contribution < -0.4 is 11.1 Å². The van der Waals surface area contributed by atoms with Crippen molar-refractivity contribution in [2.24, 2.45) is 5.73 Å². The molecular formula is C15H19N3O4. The Kier molecular flexibility index (Phi) is 5.80. The minimum Gasteiger partial charge on any atom is -0.402 e. The molecule has 0 aromatic carbocycles. The number of nitrogens with two attached hydrogens (primary N) is 1. The van der Waals surface area contributed by atoms with Gasteiger partial charge in [-0.2, -0.15) is 0 Å². The summed E-state index contributed by atoms with van der Waals surface area (Å²) in [6, 6.07) is -0.774. The van der Waals surface area contributed by atoms with Gasteiger partial charge in [0.1, 0.15) is 6.04 Å². The van der Waals surface area contributed by atoms with E-state index < -0.39 is 17.9 Å². The number of aldehydes is 1. The summed E-state index contributed by atoms with van der Waals surface area (Å²) in [5, 5.41) is 2.18. The molecule has 0 bridgehead atoms. The zero-order chi connectivity index (χ0) is 16.9. The molecule has 1 unspecified atom stereocenters. The number of nitrogens with zero attached hydrogens (tertiary/aromatic N) is 1. The second kappa shape index (κ2) is 7.35. The maximum absolute atomic E-state index is 12.6. The number of hydrogen-bond donors (Lipinski definition) is 2. The van der Waals surface area contributed by atoms with Gasteiger partial charge in [-0.05, 0) is 19.4 Å². The molecule has 1 aliphatic rings. The number of piperidine rings is 1. The molecule has 3 amide bonds. The molecule has 7 nitrogen and oxygen atoms in total. The first-order valence-corrected chi connectivity index (χ1v) is 6.69. The van der Waals surface area contributed by atoms with Gasteiger partial charge in [0.05, 0.1) is 5.57 Å². The Balaban J connectivity index is 3.10. The highest BCUT2D eigenvalue weighted by Gasteiger charge is 2.33. The van der Waals surface area contributed by atoms with Crippen molar-refractivity contribution in [2.45, 2.75) is 25.8 Å². The van der Waals surface area contributed by atoms with Gasteiger partial charge in [0, 0.05) is 24.7 Å². The molecule has 22 heavy (non-hydrogen) atoms. The molecule has 0 saturated carbocycles. The highest BCUT2D eigenvalue weighted by atomic mass is 16.2. The Morgan fingerprint density at radius 1 is 1.45 bits per heavy atom. The molecule has 118 valence electrons. The number of nitrogens with one attached hydrogen (secondary N) is 1. The molecule has 1 heterocycles. The lowest BCUT2D eigenvalue weighted by atomic mass is 10.00. The lowest BCUT2D eigenvalue weighted by Gasteiger charge is -2.30. The predicted molar refractivity (Wildman–Crippen MR) is 80.2 cm³/mol. The zero-order valence-corrected chi connectivity index (χ0v) is 12.6. The number of amides is 3. The van der Waals surface area contributed by atoms with E-state index in [1.165, 1.54) is 31.0 Å². The second-order valence-electron chi connectivity index (χ2n) is 4.91. The van der Waals surface area contributed by atoms with Crippen LogP contribution >= 0.6 is 0 Å². The van der Waals surface area contributed by atoms with E-state index in [1.807, 2.05) is 0 Å². The van der Waals surface area contributed by atoms with Crippen LogP contribution in [-0.4, -0.2) is 42.0 Å². The van der Waals surface area contributed by atoms with Crippen LogP contribution in [0.15, 0.2) is 35.6 Å². The van der Waals surface area contributed by atoms with E-state index in [2.05, 4.69) is 11.9 Å². The van der Waals surface area contributed by atoms with Gasteiger partial charge in [-0.25, -0.2) is 0 Å². The fourth-order valence-corrected chi connectivity index (χ4v) is 2.15. The monoisotopic (exact) mass is 305 g/mol. The van der Waals surface area contributed by atoms with Crippen LogP contribution in [0.3, 0.4) is 0 Å². The first-order valence-electron chi connectivity index (χ1n) is 6.69. The van der Waals surface area contributed by atoms with E-state index in [0.717, 1.165) is 0 Å². The topological polar surface area (TPSA) is 110 Å². The highest BCUT2D eigenvalue weighted by molar-refractivity contribution is 6.08. The van der Waals surface area contributed by atoms with E-state index in [4.69, 9.17) is 5.73 Å². The van der Waals surface area contributed by atoms with Gasteiger partial charge in [0.15, 0.2) is 6.29 Å². The van der Waals surface area contributed by atoms with Gasteiger partial charge >= 0.3 is 0 Å². The van der Waals surface area contributed by atoms with Crippen molar-refractivity contribution in [3.63, 3.8) is 0 Å². The summed E-state index contributed by atoms with van der Waals surface area (Å²) in [5.74, 6) is -1.44. The van der Waals surface area contributed by atoms with Crippen molar-refractivity contribution in [1.29, 1.82) is 0 Å². The van der Waals surface area contributed by atoms with Gasteiger partial charge in [-0.15, -0.1) is 0 Å². The normalized spacial score (nSPS) is 19.9. The third kappa shape index (κ3) is 3.69. The van der Waals surface area contributed by atoms with Crippen molar-refractivity contribution in [1.82, 2.24) is 10.2 Å². The van der Waals surface area contributed by atoms with E-state index >= 15 is 0 Å². The molecule has 1 saturated heterocycles. The van der Waals surface area contributed by atoms with E-state index in [9.17, 15) is 19.2 Å². The van der Waals surface area contributed by atoms with Crippen LogP contribution in [0.1, 0.15) is 19.8 Å². The largest absolute Gasteiger partial charge is 0.402 e. The van der Waals surface area contributed by atoms with Crippen molar-refractivity contribution >= 4 is 24.0 Å². The molecule has 1 fully saturated rings. The standard InChI is InChI=1S/C15H19N3O4/c1-4-5-10(11(8-19)9(2)16)15(22)18(3)12-6-7-13(20)17-14(12)21/h4-5,8,12H,1,6-7,16H2,2-3H3,(H,17,20,21)/b10-5+,11-9+. The quantitative estimate of drug-likeness (QED) is 0.316. The molecular weight excluding hydrogens is 286 g/mol. The molecule has 3 N–H and O–H groups in total. The summed E-state index contributed by atoms with van der Waals surface area (Å²) >= 11 is 0. The lowest BCUT2D eigenvalue weighted by Crippen LogP contribution is -2.53. The zero-order valence-electron chi connectivity index (χ0n) is 12.6. The van der Waals surface area contributed by atoms with Gasteiger partial charge in [-0.3, -0.25) is 24.5 Å². The molecule has 7 heteroatoms. The van der Waals surface area contributed by atoms with E-state index in [-0.39, 0.29) is 35.6 Å². The van der Waals surface area contributed by atoms with Crippen LogP contribution in [-0.2, 0) is 19.2 Å². The summed E-state index contributed by atoms with van der Waals surface area (Å²) in [4.78, 5) is 47.9. The van der Waals surface area contributed by atoms with Crippen molar-refractivity contribution in [3.05, 3.63) is 35.6 Å². The van der Waals surface area contributed by atoms with Crippen LogP contribution in [0.2, 0.25) is 0 Å². The van der Waals surface area contributed by atoms with Crippen LogP contribution in [0, 0.1) is 0 Å². The summed E-state index contributed by atoms with van der Waals surface area (Å²) in [5.41, 5.74) is 5.91. The number of hydrogen-bond acceptors (Lipinski definition) is 5. The summed E-state index contributed by atoms with van der Waals surface area (Å²) < 4.78 is 0. The Morgan fingerprint density at radius 3 is 2.55 bits per heavy atom. The average molecular weight is 305 g/mol. The molecule has 0 aliphatic carbocycles. The van der Waals surface area contributed by atoms with Gasteiger partial charge < -0.3 is 10.6 Å². The number of likely N-dealkylation sites (N-methyl/N-ethyl adjacent to an activating group) is 1. The van der Waals surface area contributed by atoms with E-state index in [1.54, 1.807) is 0 Å². The summed E-state index contributed by atoms with van der Waals surface area (Å²) in [7, 11) is 1.44. The number of carbonyl (C=O) groups excluding carboxylic acids is 4. The van der Waals surface area contributed by atoms with E-state index in [0.29, 0.717) is 6.29 Å². The summed E-state index contributed by atoms with van der Waals surface area (Å²) in [6.45, 7) is 5.01. The van der Waals surface area contributed by atoms with Crippen molar-refractivity contribution in [2.75, 3.05) is 7.05 Å². The number of imide groups is 1. The van der Waals surface area contributed by atoms with Crippen LogP contribution in [0.4, 0.5) is 0 Å². The maximum atomic E-state index is 12.6. The van der Waals surface area contributed by atoms with Crippen molar-refractivity contribution < 1.29 is 19.2 Å². The third-order valence-corrected chi connectivity index (χ3v) is 3.35. The summed E-state index contributed by atoms with van der Waals surface area (Å²) in [6.07, 6.45) is 3.60. The fourth-order valence-electron chi connectivity index (χ4n) is 2.15. The fraction of sp³-hybridized carbons (Fsp3) is 0.333. The second-order valence-corrected chi connectivity index (χ2v) is 4.91. The Hall–Kier alpha value is -2.70. The lowest BCUT2D eigenvalue weighted by molar-refractivity contribution is -0.142. The van der Waals surface area contributed by atoms with Gasteiger partial charge in [0.2, 0.25) is 11.8 Å². The number of rotatable bonds is 5. The molecule has 0 aromatic heterocycles. The smallest absolute Gasteiger partial charge is 0.255 e. The van der Waals surface area contributed by atoms with Gasteiger partial charge in [-0.1, -0.05) is 12.7 Å². The Bertz CT molecular complexity index is 586. The van der Waals surface area contributed by atoms with Gasteiger partial charge in [0.25, 0.3) is 5.91 Å². The first kappa shape index (κ1) is 17.4. The Morgan fingerprint density at radius 2 is 2.09 bits per heavy atom. The Labute approximate surface area is 128 Å². The maximum Gasteiger partial charge on any atom is 0.255 e. The third-order valence-electron chi connectivity index (χ3n) is 3.35. The molecule has 1 rings (SSSR count).